The van der Waals surface area contributed by atoms with Crippen LogP contribution in [0, 0.1) is 19.8 Å². The summed E-state index contributed by atoms with van der Waals surface area (Å²) in [7, 11) is 0. The second-order valence-electron chi connectivity index (χ2n) is 5.64. The molecule has 1 aliphatic rings. The quantitative estimate of drug-likeness (QED) is 0.857. The third kappa shape index (κ3) is 3.33. The van der Waals surface area contributed by atoms with Crippen molar-refractivity contribution in [3.63, 3.8) is 0 Å². The Kier molecular flexibility index (Phi) is 4.79. The van der Waals surface area contributed by atoms with Crippen molar-refractivity contribution in [2.24, 2.45) is 5.92 Å². The fraction of sp³-hybridized carbons (Fsp3) is 0.625. The van der Waals surface area contributed by atoms with E-state index in [0.29, 0.717) is 18.6 Å². The average molecular weight is 247 g/mol. The number of nitrogens with one attached hydrogen (secondary N) is 1. The van der Waals surface area contributed by atoms with Gasteiger partial charge in [-0.25, -0.2) is 0 Å². The number of benzene rings is 1. The molecule has 0 radical (unpaired) electrons. The molecule has 1 saturated carbocycles. The van der Waals surface area contributed by atoms with Gasteiger partial charge in [-0.3, -0.25) is 0 Å². The molecule has 0 heterocycles. The maximum absolute atomic E-state index is 9.13. The topological polar surface area (TPSA) is 32.3 Å². The highest BCUT2D eigenvalue weighted by Crippen LogP contribution is 2.24. The van der Waals surface area contributed by atoms with E-state index in [-0.39, 0.29) is 0 Å². The second-order valence-corrected chi connectivity index (χ2v) is 5.64. The van der Waals surface area contributed by atoms with Crippen molar-refractivity contribution < 1.29 is 5.11 Å². The Hall–Kier alpha value is -0.860. The van der Waals surface area contributed by atoms with Crippen LogP contribution in [0.3, 0.4) is 0 Å². The van der Waals surface area contributed by atoms with E-state index in [1.54, 1.807) is 0 Å². The van der Waals surface area contributed by atoms with Crippen LogP contribution in [0.2, 0.25) is 0 Å². The van der Waals surface area contributed by atoms with Crippen molar-refractivity contribution in [1.29, 1.82) is 0 Å². The smallest absolute Gasteiger partial charge is 0.0459 e. The highest BCUT2D eigenvalue weighted by Gasteiger charge is 2.20. The van der Waals surface area contributed by atoms with E-state index in [2.05, 4.69) is 37.4 Å². The molecule has 0 bridgehead atoms. The van der Waals surface area contributed by atoms with Crippen LogP contribution in [-0.2, 0) is 6.54 Å². The van der Waals surface area contributed by atoms with E-state index < -0.39 is 0 Å². The van der Waals surface area contributed by atoms with Gasteiger partial charge in [0.2, 0.25) is 0 Å². The molecule has 2 N–H and O–H groups in total. The molecule has 2 rings (SSSR count). The van der Waals surface area contributed by atoms with E-state index in [1.807, 2.05) is 0 Å². The number of aliphatic hydroxyl groups excluding tert-OH is 1. The van der Waals surface area contributed by atoms with Crippen LogP contribution >= 0.6 is 0 Å². The third-order valence-electron chi connectivity index (χ3n) is 4.40. The van der Waals surface area contributed by atoms with Gasteiger partial charge in [0.1, 0.15) is 0 Å². The molecule has 1 fully saturated rings. The lowest BCUT2D eigenvalue weighted by atomic mass is 9.86. The maximum Gasteiger partial charge on any atom is 0.0459 e. The minimum Gasteiger partial charge on any atom is -0.396 e. The van der Waals surface area contributed by atoms with Crippen molar-refractivity contribution in [2.45, 2.75) is 52.1 Å². The summed E-state index contributed by atoms with van der Waals surface area (Å²) in [5, 5.41) is 12.8. The predicted octanol–water partition coefficient (Wildman–Crippen LogP) is 2.94. The number of rotatable bonds is 4. The van der Waals surface area contributed by atoms with Gasteiger partial charge < -0.3 is 10.4 Å². The SMILES string of the molecule is Cc1cccc(CNC2CCC(CO)CC2)c1C. The van der Waals surface area contributed by atoms with Crippen molar-refractivity contribution in [1.82, 2.24) is 5.32 Å². The monoisotopic (exact) mass is 247 g/mol. The van der Waals surface area contributed by atoms with Crippen molar-refractivity contribution in [3.8, 4) is 0 Å². The molecule has 1 aromatic carbocycles. The lowest BCUT2D eigenvalue weighted by Crippen LogP contribution is -2.33. The van der Waals surface area contributed by atoms with Gasteiger partial charge in [-0.05, 0) is 62.1 Å². The first-order valence-corrected chi connectivity index (χ1v) is 7.10. The van der Waals surface area contributed by atoms with E-state index in [9.17, 15) is 0 Å². The van der Waals surface area contributed by atoms with Gasteiger partial charge in [-0.15, -0.1) is 0 Å². The van der Waals surface area contributed by atoms with Gasteiger partial charge >= 0.3 is 0 Å². The van der Waals surface area contributed by atoms with Crippen molar-refractivity contribution >= 4 is 0 Å². The molecule has 18 heavy (non-hydrogen) atoms. The largest absolute Gasteiger partial charge is 0.396 e. The van der Waals surface area contributed by atoms with Gasteiger partial charge in [0, 0.05) is 19.2 Å². The summed E-state index contributed by atoms with van der Waals surface area (Å²) in [5.74, 6) is 0.545. The first kappa shape index (κ1) is 13.6. The van der Waals surface area contributed by atoms with E-state index in [4.69, 9.17) is 5.11 Å². The molecule has 0 unspecified atom stereocenters. The molecule has 0 aromatic heterocycles. The Morgan fingerprint density at radius 3 is 2.56 bits per heavy atom. The number of hydrogen-bond donors (Lipinski definition) is 2. The maximum atomic E-state index is 9.13. The van der Waals surface area contributed by atoms with E-state index in [0.717, 1.165) is 6.54 Å². The highest BCUT2D eigenvalue weighted by atomic mass is 16.3. The summed E-state index contributed by atoms with van der Waals surface area (Å²) in [4.78, 5) is 0. The van der Waals surface area contributed by atoms with Crippen LogP contribution < -0.4 is 5.32 Å². The van der Waals surface area contributed by atoms with Crippen LogP contribution in [0.4, 0.5) is 0 Å². The fourth-order valence-electron chi connectivity index (χ4n) is 2.81. The zero-order valence-electron chi connectivity index (χ0n) is 11.6. The molecule has 2 heteroatoms. The minimum absolute atomic E-state index is 0.365. The Morgan fingerprint density at radius 1 is 1.17 bits per heavy atom. The minimum atomic E-state index is 0.365. The Bertz CT molecular complexity index is 381. The van der Waals surface area contributed by atoms with Crippen LogP contribution in [0.5, 0.6) is 0 Å². The summed E-state index contributed by atoms with van der Waals surface area (Å²) < 4.78 is 0. The van der Waals surface area contributed by atoms with Crippen LogP contribution in [-0.4, -0.2) is 17.8 Å². The number of aliphatic hydroxyl groups is 1. The predicted molar refractivity (Wildman–Crippen MR) is 75.6 cm³/mol. The molecule has 1 aromatic rings. The lowest BCUT2D eigenvalue weighted by molar-refractivity contribution is 0.175. The van der Waals surface area contributed by atoms with Gasteiger partial charge in [0.15, 0.2) is 0 Å². The molecule has 100 valence electrons. The molecule has 0 spiro atoms. The molecule has 0 saturated heterocycles. The molecule has 0 aliphatic heterocycles. The third-order valence-corrected chi connectivity index (χ3v) is 4.40. The first-order chi connectivity index (χ1) is 8.70. The second kappa shape index (κ2) is 6.35. The molecular formula is C16H25NO. The molecule has 0 amide bonds. The van der Waals surface area contributed by atoms with Gasteiger partial charge in [-0.1, -0.05) is 18.2 Å². The number of aryl methyl sites for hydroxylation is 1. The summed E-state index contributed by atoms with van der Waals surface area (Å²) in [6.07, 6.45) is 4.74. The Balaban J connectivity index is 1.83. The van der Waals surface area contributed by atoms with Crippen molar-refractivity contribution in [3.05, 3.63) is 34.9 Å². The molecule has 0 atom stereocenters. The summed E-state index contributed by atoms with van der Waals surface area (Å²) >= 11 is 0. The highest BCUT2D eigenvalue weighted by molar-refractivity contribution is 5.32. The Labute approximate surface area is 110 Å². The van der Waals surface area contributed by atoms with Crippen LogP contribution in [0.1, 0.15) is 42.4 Å². The van der Waals surface area contributed by atoms with E-state index >= 15 is 0 Å². The summed E-state index contributed by atoms with van der Waals surface area (Å²) in [5.41, 5.74) is 4.20. The van der Waals surface area contributed by atoms with Gasteiger partial charge in [0.25, 0.3) is 0 Å². The zero-order chi connectivity index (χ0) is 13.0. The van der Waals surface area contributed by atoms with Gasteiger partial charge in [0.05, 0.1) is 0 Å². The Morgan fingerprint density at radius 2 is 1.89 bits per heavy atom. The lowest BCUT2D eigenvalue weighted by Gasteiger charge is -2.28. The average Bonchev–Trinajstić information content (AvgIpc) is 2.41. The van der Waals surface area contributed by atoms with Gasteiger partial charge in [-0.2, -0.15) is 0 Å². The normalized spacial score (nSPS) is 24.2. The zero-order valence-corrected chi connectivity index (χ0v) is 11.6. The molecule has 1 aliphatic carbocycles. The van der Waals surface area contributed by atoms with Crippen LogP contribution in [0.15, 0.2) is 18.2 Å². The summed E-state index contributed by atoms with van der Waals surface area (Å²) in [6.45, 7) is 5.71. The molecular weight excluding hydrogens is 222 g/mol. The number of hydrogen-bond acceptors (Lipinski definition) is 2. The van der Waals surface area contributed by atoms with Crippen LogP contribution in [0.25, 0.3) is 0 Å². The van der Waals surface area contributed by atoms with Crippen molar-refractivity contribution in [2.75, 3.05) is 6.61 Å². The standard InChI is InChI=1S/C16H25NO/c1-12-4-3-5-15(13(12)2)10-17-16-8-6-14(11-18)7-9-16/h3-5,14,16-18H,6-11H2,1-2H3. The first-order valence-electron chi connectivity index (χ1n) is 7.10. The summed E-state index contributed by atoms with van der Waals surface area (Å²) in [6, 6.07) is 7.16. The molecule has 2 nitrogen and oxygen atoms in total. The fourth-order valence-corrected chi connectivity index (χ4v) is 2.81. The van der Waals surface area contributed by atoms with E-state index in [1.165, 1.54) is 42.4 Å².